The Kier molecular flexibility index (Phi) is 4.55. The fraction of sp³-hybridized carbons (Fsp3) is 0.143. The Hall–Kier alpha value is -1.68. The van der Waals surface area contributed by atoms with Crippen LogP contribution in [0.2, 0.25) is 0 Å². The SMILES string of the molecule is Cc1ccc(S(=O)(=O)NCC#Cc2ccc(F)cc2)s1. The molecule has 0 radical (unpaired) electrons. The number of nitrogens with one attached hydrogen (secondary N) is 1. The van der Waals surface area contributed by atoms with Crippen LogP contribution in [-0.4, -0.2) is 15.0 Å². The van der Waals surface area contributed by atoms with Crippen molar-refractivity contribution in [2.75, 3.05) is 6.54 Å². The lowest BCUT2D eigenvalue weighted by Gasteiger charge is -1.99. The Balaban J connectivity index is 1.98. The van der Waals surface area contributed by atoms with Gasteiger partial charge in [0.1, 0.15) is 10.0 Å². The molecule has 104 valence electrons. The molecule has 20 heavy (non-hydrogen) atoms. The van der Waals surface area contributed by atoms with Crippen LogP contribution >= 0.6 is 11.3 Å². The zero-order valence-electron chi connectivity index (χ0n) is 10.7. The van der Waals surface area contributed by atoms with Crippen molar-refractivity contribution in [1.82, 2.24) is 4.72 Å². The second kappa shape index (κ2) is 6.18. The molecular formula is C14H12FNO2S2. The fourth-order valence-corrected chi connectivity index (χ4v) is 3.69. The van der Waals surface area contributed by atoms with Gasteiger partial charge in [-0.15, -0.1) is 11.3 Å². The highest BCUT2D eigenvalue weighted by atomic mass is 32.2. The molecule has 6 heteroatoms. The second-order valence-corrected chi connectivity index (χ2v) is 7.28. The fourth-order valence-electron chi connectivity index (χ4n) is 1.44. The van der Waals surface area contributed by atoms with Crippen LogP contribution in [0, 0.1) is 24.6 Å². The molecule has 0 aliphatic carbocycles. The molecule has 0 spiro atoms. The third-order valence-electron chi connectivity index (χ3n) is 2.41. The van der Waals surface area contributed by atoms with Gasteiger partial charge < -0.3 is 0 Å². The second-order valence-electron chi connectivity index (χ2n) is 4.00. The van der Waals surface area contributed by atoms with Gasteiger partial charge in [-0.3, -0.25) is 0 Å². The molecule has 2 rings (SSSR count). The van der Waals surface area contributed by atoms with Gasteiger partial charge in [0.25, 0.3) is 10.0 Å². The summed E-state index contributed by atoms with van der Waals surface area (Å²) in [7, 11) is -3.49. The lowest BCUT2D eigenvalue weighted by atomic mass is 10.2. The van der Waals surface area contributed by atoms with Gasteiger partial charge in [0, 0.05) is 10.4 Å². The first-order chi connectivity index (χ1) is 9.47. The largest absolute Gasteiger partial charge is 0.250 e. The van der Waals surface area contributed by atoms with Crippen molar-refractivity contribution in [3.8, 4) is 11.8 Å². The van der Waals surface area contributed by atoms with Crippen molar-refractivity contribution < 1.29 is 12.8 Å². The molecule has 0 unspecified atom stereocenters. The number of rotatable bonds is 3. The number of aryl methyl sites for hydroxylation is 1. The van der Waals surface area contributed by atoms with Crippen molar-refractivity contribution in [3.05, 3.63) is 52.7 Å². The predicted molar refractivity (Wildman–Crippen MR) is 77.5 cm³/mol. The number of hydrogen-bond acceptors (Lipinski definition) is 3. The summed E-state index contributed by atoms with van der Waals surface area (Å²) in [6.07, 6.45) is 0. The number of thiophene rings is 1. The van der Waals surface area contributed by atoms with E-state index < -0.39 is 10.0 Å². The first-order valence-electron chi connectivity index (χ1n) is 5.78. The van der Waals surface area contributed by atoms with Gasteiger partial charge in [0.2, 0.25) is 0 Å². The normalized spacial score (nSPS) is 10.9. The van der Waals surface area contributed by atoms with Gasteiger partial charge in [-0.1, -0.05) is 11.8 Å². The Morgan fingerprint density at radius 1 is 1.20 bits per heavy atom. The molecule has 0 fully saturated rings. The predicted octanol–water partition coefficient (Wildman–Crippen LogP) is 2.53. The van der Waals surface area contributed by atoms with Crippen molar-refractivity contribution in [3.63, 3.8) is 0 Å². The molecule has 0 saturated carbocycles. The first kappa shape index (κ1) is 14.7. The highest BCUT2D eigenvalue weighted by molar-refractivity contribution is 7.91. The number of benzene rings is 1. The van der Waals surface area contributed by atoms with E-state index in [-0.39, 0.29) is 16.6 Å². The van der Waals surface area contributed by atoms with Gasteiger partial charge >= 0.3 is 0 Å². The lowest BCUT2D eigenvalue weighted by Crippen LogP contribution is -2.23. The van der Waals surface area contributed by atoms with Crippen LogP contribution in [0.4, 0.5) is 4.39 Å². The van der Waals surface area contributed by atoms with Crippen LogP contribution in [0.25, 0.3) is 0 Å². The lowest BCUT2D eigenvalue weighted by molar-refractivity contribution is 0.588. The third-order valence-corrected chi connectivity index (χ3v) is 5.30. The minimum atomic E-state index is -3.49. The molecule has 1 N–H and O–H groups in total. The molecule has 0 aliphatic rings. The first-order valence-corrected chi connectivity index (χ1v) is 8.08. The van der Waals surface area contributed by atoms with Crippen molar-refractivity contribution in [2.45, 2.75) is 11.1 Å². The summed E-state index contributed by atoms with van der Waals surface area (Å²) in [6.45, 7) is 1.86. The van der Waals surface area contributed by atoms with Crippen LogP contribution in [0.5, 0.6) is 0 Å². The zero-order chi connectivity index (χ0) is 14.6. The van der Waals surface area contributed by atoms with E-state index in [2.05, 4.69) is 16.6 Å². The van der Waals surface area contributed by atoms with Crippen LogP contribution in [0.3, 0.4) is 0 Å². The van der Waals surface area contributed by atoms with Crippen molar-refractivity contribution >= 4 is 21.4 Å². The van der Waals surface area contributed by atoms with Gasteiger partial charge in [-0.25, -0.2) is 12.8 Å². The molecule has 0 saturated heterocycles. The maximum Gasteiger partial charge on any atom is 0.250 e. The van der Waals surface area contributed by atoms with Crippen LogP contribution in [0.1, 0.15) is 10.4 Å². The highest BCUT2D eigenvalue weighted by Crippen LogP contribution is 2.19. The van der Waals surface area contributed by atoms with Crippen molar-refractivity contribution in [1.29, 1.82) is 0 Å². The molecule has 0 atom stereocenters. The van der Waals surface area contributed by atoms with E-state index in [9.17, 15) is 12.8 Å². The molecule has 0 aliphatic heterocycles. The van der Waals surface area contributed by atoms with Gasteiger partial charge in [-0.2, -0.15) is 4.72 Å². The quantitative estimate of drug-likeness (QED) is 0.886. The number of sulfonamides is 1. The molecule has 0 amide bonds. The zero-order valence-corrected chi connectivity index (χ0v) is 12.3. The molecule has 0 bridgehead atoms. The minimum Gasteiger partial charge on any atom is -0.207 e. The average Bonchev–Trinajstić information content (AvgIpc) is 2.84. The maximum absolute atomic E-state index is 12.7. The highest BCUT2D eigenvalue weighted by Gasteiger charge is 2.14. The van der Waals surface area contributed by atoms with Gasteiger partial charge in [0.05, 0.1) is 6.54 Å². The van der Waals surface area contributed by atoms with Crippen LogP contribution < -0.4 is 4.72 Å². The number of hydrogen-bond donors (Lipinski definition) is 1. The van der Waals surface area contributed by atoms with E-state index in [1.165, 1.54) is 23.5 Å². The standard InChI is InChI=1S/C14H12FNO2S2/c1-11-4-9-14(19-11)20(17,18)16-10-2-3-12-5-7-13(15)8-6-12/h4-9,16H,10H2,1H3. The summed E-state index contributed by atoms with van der Waals surface area (Å²) >= 11 is 1.21. The Morgan fingerprint density at radius 2 is 1.90 bits per heavy atom. The summed E-state index contributed by atoms with van der Waals surface area (Å²) < 4.78 is 39.1. The summed E-state index contributed by atoms with van der Waals surface area (Å²) in [4.78, 5) is 0.933. The topological polar surface area (TPSA) is 46.2 Å². The Morgan fingerprint density at radius 3 is 2.50 bits per heavy atom. The molecule has 1 aromatic carbocycles. The summed E-state index contributed by atoms with van der Waals surface area (Å²) in [5.41, 5.74) is 0.637. The van der Waals surface area contributed by atoms with E-state index in [0.29, 0.717) is 5.56 Å². The Bertz CT molecular complexity index is 752. The molecular weight excluding hydrogens is 297 g/mol. The third kappa shape index (κ3) is 3.90. The van der Waals surface area contributed by atoms with E-state index >= 15 is 0 Å². The molecule has 1 heterocycles. The van der Waals surface area contributed by atoms with Crippen LogP contribution in [0.15, 0.2) is 40.6 Å². The summed E-state index contributed by atoms with van der Waals surface area (Å²) in [6, 6.07) is 9.02. The molecule has 1 aromatic heterocycles. The van der Waals surface area contributed by atoms with Gasteiger partial charge in [-0.05, 0) is 43.3 Å². The van der Waals surface area contributed by atoms with E-state index in [1.807, 2.05) is 6.92 Å². The average molecular weight is 309 g/mol. The van der Waals surface area contributed by atoms with E-state index in [0.717, 1.165) is 4.88 Å². The summed E-state index contributed by atoms with van der Waals surface area (Å²) in [5.74, 6) is 5.13. The van der Waals surface area contributed by atoms with E-state index in [4.69, 9.17) is 0 Å². The van der Waals surface area contributed by atoms with Gasteiger partial charge in [0.15, 0.2) is 0 Å². The maximum atomic E-state index is 12.7. The van der Waals surface area contributed by atoms with Crippen molar-refractivity contribution in [2.24, 2.45) is 0 Å². The molecule has 2 aromatic rings. The Labute approximate surface area is 121 Å². The monoisotopic (exact) mass is 309 g/mol. The summed E-state index contributed by atoms with van der Waals surface area (Å²) in [5, 5.41) is 0. The number of halogens is 1. The minimum absolute atomic E-state index is 0.0106. The molecule has 3 nitrogen and oxygen atoms in total. The van der Waals surface area contributed by atoms with Crippen LogP contribution in [-0.2, 0) is 10.0 Å². The van der Waals surface area contributed by atoms with E-state index in [1.54, 1.807) is 24.3 Å². The smallest absolute Gasteiger partial charge is 0.207 e.